The molecule has 0 bridgehead atoms. The molecule has 4 nitrogen and oxygen atoms in total. The van der Waals surface area contributed by atoms with E-state index in [1.165, 1.54) is 6.20 Å². The Labute approximate surface area is 144 Å². The first kappa shape index (κ1) is 15.5. The predicted octanol–water partition coefficient (Wildman–Crippen LogP) is 4.25. The first-order chi connectivity index (χ1) is 12.1. The lowest BCUT2D eigenvalue weighted by Crippen LogP contribution is -2.04. The van der Waals surface area contributed by atoms with E-state index in [-0.39, 0.29) is 6.04 Å². The van der Waals surface area contributed by atoms with E-state index >= 15 is 0 Å². The van der Waals surface area contributed by atoms with Gasteiger partial charge in [-0.25, -0.2) is 9.97 Å². The molecule has 0 aliphatic carbocycles. The molecule has 124 valence electrons. The molecule has 0 spiro atoms. The van der Waals surface area contributed by atoms with Gasteiger partial charge in [0.2, 0.25) is 5.95 Å². The van der Waals surface area contributed by atoms with E-state index in [1.807, 2.05) is 54.0 Å². The highest BCUT2D eigenvalue weighted by Crippen LogP contribution is 2.26. The molecule has 0 amide bonds. The summed E-state index contributed by atoms with van der Waals surface area (Å²) in [4.78, 5) is 8.21. The zero-order valence-corrected chi connectivity index (χ0v) is 13.7. The molecule has 0 saturated carbocycles. The van der Waals surface area contributed by atoms with Crippen LogP contribution >= 0.6 is 0 Å². The normalized spacial score (nSPS) is 12.4. The van der Waals surface area contributed by atoms with E-state index in [0.29, 0.717) is 5.56 Å². The Morgan fingerprint density at radius 1 is 1.04 bits per heavy atom. The van der Waals surface area contributed by atoms with Gasteiger partial charge in [-0.2, -0.15) is 4.39 Å². The summed E-state index contributed by atoms with van der Waals surface area (Å²) in [5.74, 6) is -0.475. The topological polar surface area (TPSA) is 56.7 Å². The van der Waals surface area contributed by atoms with Crippen LogP contribution in [-0.2, 0) is 0 Å². The lowest BCUT2D eigenvalue weighted by atomic mass is 10.1. The Kier molecular flexibility index (Phi) is 3.78. The summed E-state index contributed by atoms with van der Waals surface area (Å²) in [7, 11) is 0. The standard InChI is InChI=1S/C20H17FN4/c1-13(22)14-7-8-19-18(11-14)24-12-25(19)16-5-2-4-15(10-16)17-6-3-9-23-20(17)21/h2-13H,22H2,1H3/t13-/m1/s1. The largest absolute Gasteiger partial charge is 0.324 e. The second-order valence-corrected chi connectivity index (χ2v) is 6.04. The van der Waals surface area contributed by atoms with Crippen molar-refractivity contribution in [2.45, 2.75) is 13.0 Å². The third-order valence-electron chi connectivity index (χ3n) is 4.29. The Morgan fingerprint density at radius 2 is 1.92 bits per heavy atom. The number of halogens is 1. The van der Waals surface area contributed by atoms with Crippen LogP contribution in [0.4, 0.5) is 4.39 Å². The van der Waals surface area contributed by atoms with Gasteiger partial charge in [0.05, 0.1) is 11.0 Å². The molecule has 25 heavy (non-hydrogen) atoms. The number of benzene rings is 2. The van der Waals surface area contributed by atoms with Gasteiger partial charge in [0.1, 0.15) is 6.33 Å². The molecular formula is C20H17FN4. The number of nitrogens with two attached hydrogens (primary N) is 1. The fourth-order valence-corrected chi connectivity index (χ4v) is 2.94. The van der Waals surface area contributed by atoms with E-state index in [0.717, 1.165) is 27.8 Å². The van der Waals surface area contributed by atoms with Crippen molar-refractivity contribution >= 4 is 11.0 Å². The average Bonchev–Trinajstić information content (AvgIpc) is 3.05. The van der Waals surface area contributed by atoms with E-state index in [2.05, 4.69) is 9.97 Å². The van der Waals surface area contributed by atoms with Crippen LogP contribution in [0.5, 0.6) is 0 Å². The molecule has 2 N–H and O–H groups in total. The Hall–Kier alpha value is -3.05. The summed E-state index contributed by atoms with van der Waals surface area (Å²) in [6.07, 6.45) is 3.22. The zero-order valence-electron chi connectivity index (χ0n) is 13.7. The molecule has 0 saturated heterocycles. The van der Waals surface area contributed by atoms with Crippen molar-refractivity contribution in [2.75, 3.05) is 0 Å². The van der Waals surface area contributed by atoms with E-state index in [9.17, 15) is 4.39 Å². The summed E-state index contributed by atoms with van der Waals surface area (Å²) in [5, 5.41) is 0. The molecule has 0 radical (unpaired) electrons. The molecule has 2 heterocycles. The van der Waals surface area contributed by atoms with Gasteiger partial charge in [-0.1, -0.05) is 18.2 Å². The summed E-state index contributed by atoms with van der Waals surface area (Å²) < 4.78 is 16.0. The van der Waals surface area contributed by atoms with Crippen molar-refractivity contribution in [2.24, 2.45) is 5.73 Å². The summed E-state index contributed by atoms with van der Waals surface area (Å²) in [5.41, 5.74) is 11.0. The Morgan fingerprint density at radius 3 is 2.72 bits per heavy atom. The lowest BCUT2D eigenvalue weighted by Gasteiger charge is -2.09. The SMILES string of the molecule is C[C@@H](N)c1ccc2c(c1)ncn2-c1cccc(-c2cccnc2F)c1. The predicted molar refractivity (Wildman–Crippen MR) is 96.9 cm³/mol. The van der Waals surface area contributed by atoms with Crippen LogP contribution < -0.4 is 5.73 Å². The van der Waals surface area contributed by atoms with E-state index < -0.39 is 5.95 Å². The number of aromatic nitrogens is 3. The molecule has 4 rings (SSSR count). The van der Waals surface area contributed by atoms with Crippen molar-refractivity contribution in [3.63, 3.8) is 0 Å². The number of fused-ring (bicyclic) bond motifs is 1. The summed E-state index contributed by atoms with van der Waals surface area (Å²) in [6.45, 7) is 1.95. The van der Waals surface area contributed by atoms with Gasteiger partial charge in [-0.15, -0.1) is 0 Å². The van der Waals surface area contributed by atoms with Gasteiger partial charge < -0.3 is 5.73 Å². The Balaban J connectivity index is 1.82. The third kappa shape index (κ3) is 2.79. The molecule has 2 aromatic heterocycles. The van der Waals surface area contributed by atoms with Crippen LogP contribution in [0.15, 0.2) is 67.1 Å². The smallest absolute Gasteiger partial charge is 0.220 e. The molecule has 4 aromatic rings. The lowest BCUT2D eigenvalue weighted by molar-refractivity contribution is 0.587. The number of hydrogen-bond donors (Lipinski definition) is 1. The van der Waals surface area contributed by atoms with E-state index in [4.69, 9.17) is 5.73 Å². The van der Waals surface area contributed by atoms with Crippen LogP contribution in [0, 0.1) is 5.95 Å². The van der Waals surface area contributed by atoms with Crippen molar-refractivity contribution in [1.82, 2.24) is 14.5 Å². The highest BCUT2D eigenvalue weighted by Gasteiger charge is 2.10. The van der Waals surface area contributed by atoms with Crippen LogP contribution in [-0.4, -0.2) is 14.5 Å². The van der Waals surface area contributed by atoms with E-state index in [1.54, 1.807) is 18.5 Å². The van der Waals surface area contributed by atoms with Crippen LogP contribution in [0.2, 0.25) is 0 Å². The molecular weight excluding hydrogens is 315 g/mol. The number of pyridine rings is 1. The maximum atomic E-state index is 14.0. The minimum atomic E-state index is -0.475. The van der Waals surface area contributed by atoms with Crippen LogP contribution in [0.1, 0.15) is 18.5 Å². The van der Waals surface area contributed by atoms with Crippen LogP contribution in [0.3, 0.4) is 0 Å². The van der Waals surface area contributed by atoms with Crippen molar-refractivity contribution in [1.29, 1.82) is 0 Å². The maximum absolute atomic E-state index is 14.0. The zero-order chi connectivity index (χ0) is 17.4. The molecule has 0 aliphatic rings. The van der Waals surface area contributed by atoms with Gasteiger partial charge in [0, 0.05) is 23.5 Å². The van der Waals surface area contributed by atoms with Gasteiger partial charge in [0.15, 0.2) is 0 Å². The van der Waals surface area contributed by atoms with Gasteiger partial charge in [-0.3, -0.25) is 4.57 Å². The molecule has 0 unspecified atom stereocenters. The van der Waals surface area contributed by atoms with Gasteiger partial charge >= 0.3 is 0 Å². The molecule has 0 fully saturated rings. The summed E-state index contributed by atoms with van der Waals surface area (Å²) in [6, 6.07) is 17.1. The fourth-order valence-electron chi connectivity index (χ4n) is 2.94. The first-order valence-corrected chi connectivity index (χ1v) is 8.07. The number of imidazole rings is 1. The fraction of sp³-hybridized carbons (Fsp3) is 0.100. The first-order valence-electron chi connectivity index (χ1n) is 8.07. The maximum Gasteiger partial charge on any atom is 0.220 e. The van der Waals surface area contributed by atoms with Crippen molar-refractivity contribution in [3.8, 4) is 16.8 Å². The average molecular weight is 332 g/mol. The highest BCUT2D eigenvalue weighted by atomic mass is 19.1. The quantitative estimate of drug-likeness (QED) is 0.571. The summed E-state index contributed by atoms with van der Waals surface area (Å²) >= 11 is 0. The minimum Gasteiger partial charge on any atom is -0.324 e. The number of nitrogens with zero attached hydrogens (tertiary/aromatic N) is 3. The highest BCUT2D eigenvalue weighted by molar-refractivity contribution is 5.79. The monoisotopic (exact) mass is 332 g/mol. The second-order valence-electron chi connectivity index (χ2n) is 6.04. The van der Waals surface area contributed by atoms with Gasteiger partial charge in [0.25, 0.3) is 0 Å². The van der Waals surface area contributed by atoms with Crippen LogP contribution in [0.25, 0.3) is 27.8 Å². The number of rotatable bonds is 3. The Bertz CT molecular complexity index is 1050. The molecule has 2 aromatic carbocycles. The minimum absolute atomic E-state index is 0.0357. The number of hydrogen-bond acceptors (Lipinski definition) is 3. The molecule has 0 aliphatic heterocycles. The second kappa shape index (κ2) is 6.11. The van der Waals surface area contributed by atoms with Crippen molar-refractivity contribution in [3.05, 3.63) is 78.6 Å². The molecule has 1 atom stereocenters. The van der Waals surface area contributed by atoms with Gasteiger partial charge in [-0.05, 0) is 54.4 Å². The third-order valence-corrected chi connectivity index (χ3v) is 4.29. The molecule has 5 heteroatoms. The van der Waals surface area contributed by atoms with Crippen molar-refractivity contribution < 1.29 is 4.39 Å².